The van der Waals surface area contributed by atoms with Crippen LogP contribution in [-0.4, -0.2) is 17.5 Å². The molecule has 0 radical (unpaired) electrons. The topological polar surface area (TPSA) is 26.3 Å². The highest BCUT2D eigenvalue weighted by molar-refractivity contribution is 6.20. The summed E-state index contributed by atoms with van der Waals surface area (Å²) in [6, 6.07) is 0. The SMILES string of the molecule is CCC(OC(C)=O)C(C)Cl. The van der Waals surface area contributed by atoms with Crippen molar-refractivity contribution in [1.29, 1.82) is 0 Å². The van der Waals surface area contributed by atoms with Gasteiger partial charge in [-0.2, -0.15) is 0 Å². The van der Waals surface area contributed by atoms with Gasteiger partial charge in [0.25, 0.3) is 0 Å². The number of hydrogen-bond acceptors (Lipinski definition) is 2. The molecule has 0 aliphatic heterocycles. The summed E-state index contributed by atoms with van der Waals surface area (Å²) in [6.45, 7) is 5.15. The van der Waals surface area contributed by atoms with Crippen molar-refractivity contribution in [3.63, 3.8) is 0 Å². The van der Waals surface area contributed by atoms with Gasteiger partial charge < -0.3 is 4.74 Å². The number of carbonyl (C=O) groups is 1. The fraction of sp³-hybridized carbons (Fsp3) is 0.857. The molecule has 2 nitrogen and oxygen atoms in total. The molecule has 0 aliphatic rings. The Morgan fingerprint density at radius 3 is 2.30 bits per heavy atom. The molecule has 0 aromatic carbocycles. The summed E-state index contributed by atoms with van der Waals surface area (Å²) in [5, 5.41) is -0.103. The zero-order valence-electron chi connectivity index (χ0n) is 6.56. The van der Waals surface area contributed by atoms with E-state index < -0.39 is 0 Å². The van der Waals surface area contributed by atoms with Gasteiger partial charge in [0.2, 0.25) is 0 Å². The molecule has 2 unspecified atom stereocenters. The number of hydrogen-bond donors (Lipinski definition) is 0. The molecule has 0 heterocycles. The smallest absolute Gasteiger partial charge is 0.302 e. The lowest BCUT2D eigenvalue weighted by Crippen LogP contribution is -2.23. The zero-order valence-corrected chi connectivity index (χ0v) is 7.31. The Labute approximate surface area is 66.5 Å². The number of ether oxygens (including phenoxy) is 1. The van der Waals surface area contributed by atoms with Crippen LogP contribution in [0.2, 0.25) is 0 Å². The van der Waals surface area contributed by atoms with Crippen molar-refractivity contribution >= 4 is 17.6 Å². The Balaban J connectivity index is 3.71. The van der Waals surface area contributed by atoms with E-state index in [0.717, 1.165) is 6.42 Å². The Kier molecular flexibility index (Phi) is 4.45. The Bertz CT molecular complexity index is 112. The van der Waals surface area contributed by atoms with Gasteiger partial charge in [-0.25, -0.2) is 0 Å². The van der Waals surface area contributed by atoms with E-state index in [-0.39, 0.29) is 17.5 Å². The van der Waals surface area contributed by atoms with E-state index in [0.29, 0.717) is 0 Å². The van der Waals surface area contributed by atoms with Crippen LogP contribution in [0.15, 0.2) is 0 Å². The predicted octanol–water partition coefficient (Wildman–Crippen LogP) is 1.96. The molecule has 0 bridgehead atoms. The van der Waals surface area contributed by atoms with E-state index in [1.165, 1.54) is 6.92 Å². The van der Waals surface area contributed by atoms with Gasteiger partial charge in [-0.05, 0) is 13.3 Å². The Hall–Kier alpha value is -0.240. The van der Waals surface area contributed by atoms with Crippen LogP contribution in [-0.2, 0) is 9.53 Å². The molecule has 2 atom stereocenters. The average molecular weight is 165 g/mol. The molecule has 10 heavy (non-hydrogen) atoms. The molecule has 0 spiro atoms. The maximum Gasteiger partial charge on any atom is 0.302 e. The summed E-state index contributed by atoms with van der Waals surface area (Å²) < 4.78 is 4.89. The van der Waals surface area contributed by atoms with Gasteiger partial charge in [0.15, 0.2) is 0 Å². The van der Waals surface area contributed by atoms with Crippen LogP contribution in [0.4, 0.5) is 0 Å². The van der Waals surface area contributed by atoms with Crippen molar-refractivity contribution in [2.75, 3.05) is 0 Å². The Morgan fingerprint density at radius 1 is 1.70 bits per heavy atom. The predicted molar refractivity (Wildman–Crippen MR) is 41.2 cm³/mol. The lowest BCUT2D eigenvalue weighted by molar-refractivity contribution is -0.146. The lowest BCUT2D eigenvalue weighted by Gasteiger charge is -2.16. The van der Waals surface area contributed by atoms with Gasteiger partial charge in [0, 0.05) is 6.92 Å². The van der Waals surface area contributed by atoms with E-state index in [1.807, 2.05) is 13.8 Å². The van der Waals surface area contributed by atoms with Crippen molar-refractivity contribution < 1.29 is 9.53 Å². The van der Waals surface area contributed by atoms with Gasteiger partial charge in [0.05, 0.1) is 5.38 Å². The van der Waals surface area contributed by atoms with Crippen molar-refractivity contribution in [3.05, 3.63) is 0 Å². The fourth-order valence-electron chi connectivity index (χ4n) is 0.715. The minimum atomic E-state index is -0.264. The summed E-state index contributed by atoms with van der Waals surface area (Å²) >= 11 is 5.71. The zero-order chi connectivity index (χ0) is 8.15. The van der Waals surface area contributed by atoms with Crippen molar-refractivity contribution in [3.8, 4) is 0 Å². The minimum absolute atomic E-state index is 0.103. The van der Waals surface area contributed by atoms with Gasteiger partial charge in [-0.3, -0.25) is 4.79 Å². The molecule has 0 saturated carbocycles. The number of carbonyl (C=O) groups excluding carboxylic acids is 1. The molecular formula is C7H13ClO2. The number of rotatable bonds is 3. The molecule has 0 rings (SSSR count). The van der Waals surface area contributed by atoms with Crippen LogP contribution in [0.5, 0.6) is 0 Å². The van der Waals surface area contributed by atoms with Crippen LogP contribution >= 0.6 is 11.6 Å². The van der Waals surface area contributed by atoms with Crippen molar-refractivity contribution in [2.45, 2.75) is 38.7 Å². The average Bonchev–Trinajstić information content (AvgIpc) is 1.81. The molecule has 3 heteroatoms. The quantitative estimate of drug-likeness (QED) is 0.471. The number of alkyl halides is 1. The van der Waals surface area contributed by atoms with Gasteiger partial charge in [-0.1, -0.05) is 6.92 Å². The summed E-state index contributed by atoms with van der Waals surface area (Å²) in [5.41, 5.74) is 0. The minimum Gasteiger partial charge on any atom is -0.461 e. The summed E-state index contributed by atoms with van der Waals surface area (Å²) in [4.78, 5) is 10.4. The van der Waals surface area contributed by atoms with Gasteiger partial charge in [-0.15, -0.1) is 11.6 Å². The highest BCUT2D eigenvalue weighted by atomic mass is 35.5. The van der Waals surface area contributed by atoms with E-state index in [2.05, 4.69) is 0 Å². The molecular weight excluding hydrogens is 152 g/mol. The van der Waals surface area contributed by atoms with Crippen LogP contribution < -0.4 is 0 Å². The molecule has 0 aliphatic carbocycles. The first-order valence-electron chi connectivity index (χ1n) is 3.39. The maximum atomic E-state index is 10.4. The van der Waals surface area contributed by atoms with Crippen molar-refractivity contribution in [1.82, 2.24) is 0 Å². The maximum absolute atomic E-state index is 10.4. The molecule has 0 aromatic heterocycles. The van der Waals surface area contributed by atoms with E-state index in [9.17, 15) is 4.79 Å². The highest BCUT2D eigenvalue weighted by Gasteiger charge is 2.14. The Morgan fingerprint density at radius 2 is 2.20 bits per heavy atom. The molecule has 0 fully saturated rings. The first-order valence-corrected chi connectivity index (χ1v) is 3.82. The van der Waals surface area contributed by atoms with E-state index >= 15 is 0 Å². The third kappa shape index (κ3) is 3.72. The number of halogens is 1. The summed E-state index contributed by atoms with van der Waals surface area (Å²) in [5.74, 6) is -0.264. The highest BCUT2D eigenvalue weighted by Crippen LogP contribution is 2.09. The second-order valence-corrected chi connectivity index (χ2v) is 2.92. The van der Waals surface area contributed by atoms with E-state index in [4.69, 9.17) is 16.3 Å². The van der Waals surface area contributed by atoms with Crippen LogP contribution in [0.1, 0.15) is 27.2 Å². The molecule has 0 aromatic rings. The fourth-order valence-corrected chi connectivity index (χ4v) is 0.945. The largest absolute Gasteiger partial charge is 0.461 e. The first kappa shape index (κ1) is 9.76. The van der Waals surface area contributed by atoms with Crippen LogP contribution in [0.25, 0.3) is 0 Å². The second kappa shape index (κ2) is 4.56. The lowest BCUT2D eigenvalue weighted by atomic mass is 10.2. The summed E-state index contributed by atoms with van der Waals surface area (Å²) in [7, 11) is 0. The first-order chi connectivity index (χ1) is 4.57. The van der Waals surface area contributed by atoms with Crippen molar-refractivity contribution in [2.24, 2.45) is 0 Å². The second-order valence-electron chi connectivity index (χ2n) is 2.23. The third-order valence-corrected chi connectivity index (χ3v) is 1.51. The summed E-state index contributed by atoms with van der Waals surface area (Å²) in [6.07, 6.45) is 0.628. The van der Waals surface area contributed by atoms with Crippen LogP contribution in [0.3, 0.4) is 0 Å². The normalized spacial score (nSPS) is 16.0. The van der Waals surface area contributed by atoms with E-state index in [1.54, 1.807) is 0 Å². The molecule has 0 saturated heterocycles. The molecule has 0 amide bonds. The third-order valence-electron chi connectivity index (χ3n) is 1.23. The molecule has 0 N–H and O–H groups in total. The van der Waals surface area contributed by atoms with Crippen LogP contribution in [0, 0.1) is 0 Å². The monoisotopic (exact) mass is 164 g/mol. The van der Waals surface area contributed by atoms with Gasteiger partial charge >= 0.3 is 5.97 Å². The molecule has 60 valence electrons. The number of esters is 1. The standard InChI is InChI=1S/C7H13ClO2/c1-4-7(5(2)8)10-6(3)9/h5,7H,4H2,1-3H3. The van der Waals surface area contributed by atoms with Gasteiger partial charge in [0.1, 0.15) is 6.10 Å².